The molecule has 2 aromatic rings. The maximum absolute atomic E-state index is 10.6. The largest absolute Gasteiger partial charge is 0.492 e. The molecule has 0 aromatic heterocycles. The maximum atomic E-state index is 10.6. The average molecular weight is 250 g/mol. The Balaban J connectivity index is 2.28. The van der Waals surface area contributed by atoms with Gasteiger partial charge in [0, 0.05) is 15.8 Å². The fourth-order valence-corrected chi connectivity index (χ4v) is 1.85. The van der Waals surface area contributed by atoms with Crippen LogP contribution < -0.4 is 10.5 Å². The monoisotopic (exact) mass is 249 g/mol. The van der Waals surface area contributed by atoms with Crippen LogP contribution in [0.15, 0.2) is 36.4 Å². The van der Waals surface area contributed by atoms with Crippen LogP contribution in [0.4, 0.5) is 0 Å². The quantitative estimate of drug-likeness (QED) is 0.906. The van der Waals surface area contributed by atoms with Gasteiger partial charge in [0.05, 0.1) is 13.0 Å². The van der Waals surface area contributed by atoms with E-state index in [9.17, 15) is 4.79 Å². The topological polar surface area (TPSA) is 52.3 Å². The zero-order chi connectivity index (χ0) is 12.3. The molecule has 0 saturated heterocycles. The summed E-state index contributed by atoms with van der Waals surface area (Å²) in [6.07, 6.45) is 0.205. The fraction of sp³-hybridized carbons (Fsp3) is 0.154. The highest BCUT2D eigenvalue weighted by Crippen LogP contribution is 2.31. The van der Waals surface area contributed by atoms with Crippen molar-refractivity contribution in [1.82, 2.24) is 0 Å². The smallest absolute Gasteiger partial charge is 0.220 e. The maximum Gasteiger partial charge on any atom is 0.220 e. The number of halogens is 1. The third kappa shape index (κ3) is 2.68. The van der Waals surface area contributed by atoms with Crippen LogP contribution in [0.1, 0.15) is 6.42 Å². The molecule has 0 spiro atoms. The number of amides is 1. The molecular weight excluding hydrogens is 238 g/mol. The molecule has 88 valence electrons. The van der Waals surface area contributed by atoms with Gasteiger partial charge in [0.1, 0.15) is 5.75 Å². The first kappa shape index (κ1) is 11.7. The predicted octanol–water partition coefficient (Wildman–Crippen LogP) is 2.75. The number of carbonyl (C=O) groups excluding carboxylic acids is 1. The predicted molar refractivity (Wildman–Crippen MR) is 68.3 cm³/mol. The van der Waals surface area contributed by atoms with E-state index >= 15 is 0 Å². The van der Waals surface area contributed by atoms with Crippen LogP contribution in [0.3, 0.4) is 0 Å². The first-order valence-corrected chi connectivity index (χ1v) is 5.64. The first-order valence-electron chi connectivity index (χ1n) is 5.27. The molecule has 4 heteroatoms. The number of nitrogens with two attached hydrogens (primary N) is 1. The van der Waals surface area contributed by atoms with Gasteiger partial charge < -0.3 is 10.5 Å². The Hall–Kier alpha value is -1.74. The van der Waals surface area contributed by atoms with Crippen LogP contribution in [0.25, 0.3) is 10.8 Å². The molecule has 3 nitrogen and oxygen atoms in total. The minimum absolute atomic E-state index is 0.205. The summed E-state index contributed by atoms with van der Waals surface area (Å²) in [7, 11) is 0. The zero-order valence-corrected chi connectivity index (χ0v) is 9.91. The van der Waals surface area contributed by atoms with Crippen molar-refractivity contribution in [1.29, 1.82) is 0 Å². The minimum atomic E-state index is -0.372. The van der Waals surface area contributed by atoms with Crippen LogP contribution in [-0.2, 0) is 4.79 Å². The molecule has 0 aliphatic heterocycles. The van der Waals surface area contributed by atoms with E-state index < -0.39 is 0 Å². The minimum Gasteiger partial charge on any atom is -0.492 e. The van der Waals surface area contributed by atoms with Gasteiger partial charge in [0.15, 0.2) is 0 Å². The van der Waals surface area contributed by atoms with Gasteiger partial charge in [-0.15, -0.1) is 0 Å². The van der Waals surface area contributed by atoms with Crippen molar-refractivity contribution >= 4 is 28.3 Å². The second kappa shape index (κ2) is 5.06. The van der Waals surface area contributed by atoms with Crippen molar-refractivity contribution in [3.8, 4) is 5.75 Å². The molecule has 2 aromatic carbocycles. The van der Waals surface area contributed by atoms with E-state index in [4.69, 9.17) is 22.1 Å². The Kier molecular flexibility index (Phi) is 3.49. The summed E-state index contributed by atoms with van der Waals surface area (Å²) in [6.45, 7) is 0.279. The van der Waals surface area contributed by atoms with Crippen molar-refractivity contribution in [2.45, 2.75) is 6.42 Å². The summed E-state index contributed by atoms with van der Waals surface area (Å²) in [5.74, 6) is 0.342. The van der Waals surface area contributed by atoms with Gasteiger partial charge >= 0.3 is 0 Å². The van der Waals surface area contributed by atoms with Crippen LogP contribution >= 0.6 is 11.6 Å². The molecule has 17 heavy (non-hydrogen) atoms. The molecule has 0 fully saturated rings. The number of primary amides is 1. The van der Waals surface area contributed by atoms with E-state index in [1.807, 2.05) is 24.3 Å². The number of hydrogen-bond acceptors (Lipinski definition) is 2. The molecule has 1 amide bonds. The standard InChI is InChI=1S/C13H12ClNO2/c14-11-5-6-12(17-8-7-13(15)16)10-4-2-1-3-9(10)11/h1-6H,7-8H2,(H2,15,16). The number of hydrogen-bond donors (Lipinski definition) is 1. The third-order valence-electron chi connectivity index (χ3n) is 2.44. The van der Waals surface area contributed by atoms with Crippen molar-refractivity contribution in [2.75, 3.05) is 6.61 Å². The summed E-state index contributed by atoms with van der Waals surface area (Å²) >= 11 is 6.08. The van der Waals surface area contributed by atoms with E-state index in [1.54, 1.807) is 12.1 Å². The van der Waals surface area contributed by atoms with E-state index in [2.05, 4.69) is 0 Å². The lowest BCUT2D eigenvalue weighted by Crippen LogP contribution is -2.14. The molecule has 0 bridgehead atoms. The van der Waals surface area contributed by atoms with Crippen molar-refractivity contribution in [2.24, 2.45) is 5.73 Å². The first-order chi connectivity index (χ1) is 8.18. The molecular formula is C13H12ClNO2. The Morgan fingerprint density at radius 2 is 1.88 bits per heavy atom. The molecule has 2 N–H and O–H groups in total. The second-order valence-corrected chi connectivity index (χ2v) is 4.06. The molecule has 0 unspecified atom stereocenters. The third-order valence-corrected chi connectivity index (χ3v) is 2.77. The summed E-state index contributed by atoms with van der Waals surface area (Å²) in [5.41, 5.74) is 5.05. The average Bonchev–Trinajstić information content (AvgIpc) is 2.32. The van der Waals surface area contributed by atoms with Crippen LogP contribution in [0.5, 0.6) is 5.75 Å². The second-order valence-electron chi connectivity index (χ2n) is 3.66. The van der Waals surface area contributed by atoms with E-state index in [-0.39, 0.29) is 18.9 Å². The molecule has 0 heterocycles. The SMILES string of the molecule is NC(=O)CCOc1ccc(Cl)c2ccccc12. The van der Waals surface area contributed by atoms with Crippen LogP contribution in [0, 0.1) is 0 Å². The van der Waals surface area contributed by atoms with E-state index in [1.165, 1.54) is 0 Å². The molecule has 0 atom stereocenters. The Morgan fingerprint density at radius 3 is 2.59 bits per heavy atom. The van der Waals surface area contributed by atoms with Gasteiger partial charge in [-0.1, -0.05) is 35.9 Å². The Labute approximate surface area is 104 Å². The van der Waals surface area contributed by atoms with E-state index in [0.29, 0.717) is 10.8 Å². The lowest BCUT2D eigenvalue weighted by atomic mass is 10.1. The van der Waals surface area contributed by atoms with Gasteiger partial charge in [-0.3, -0.25) is 4.79 Å². The summed E-state index contributed by atoms with van der Waals surface area (Å²) in [4.78, 5) is 10.6. The number of rotatable bonds is 4. The van der Waals surface area contributed by atoms with E-state index in [0.717, 1.165) is 10.8 Å². The molecule has 0 aliphatic rings. The zero-order valence-electron chi connectivity index (χ0n) is 9.15. The number of ether oxygens (including phenoxy) is 1. The van der Waals surface area contributed by atoms with Gasteiger partial charge in [0.2, 0.25) is 5.91 Å². The highest BCUT2D eigenvalue weighted by atomic mass is 35.5. The molecule has 0 aliphatic carbocycles. The van der Waals surface area contributed by atoms with Crippen LogP contribution in [-0.4, -0.2) is 12.5 Å². The van der Waals surface area contributed by atoms with Crippen LogP contribution in [0.2, 0.25) is 5.02 Å². The van der Waals surface area contributed by atoms with Crippen molar-refractivity contribution in [3.63, 3.8) is 0 Å². The molecule has 2 rings (SSSR count). The van der Waals surface area contributed by atoms with Crippen molar-refractivity contribution < 1.29 is 9.53 Å². The highest BCUT2D eigenvalue weighted by Gasteiger charge is 2.05. The van der Waals surface area contributed by atoms with Gasteiger partial charge in [-0.25, -0.2) is 0 Å². The lowest BCUT2D eigenvalue weighted by Gasteiger charge is -2.09. The summed E-state index contributed by atoms with van der Waals surface area (Å²) in [5, 5.41) is 2.55. The highest BCUT2D eigenvalue weighted by molar-refractivity contribution is 6.35. The normalized spacial score (nSPS) is 10.4. The Bertz CT molecular complexity index is 554. The Morgan fingerprint density at radius 1 is 1.18 bits per heavy atom. The number of fused-ring (bicyclic) bond motifs is 1. The summed E-state index contributed by atoms with van der Waals surface area (Å²) in [6, 6.07) is 11.3. The van der Waals surface area contributed by atoms with Gasteiger partial charge in [-0.2, -0.15) is 0 Å². The summed E-state index contributed by atoms with van der Waals surface area (Å²) < 4.78 is 5.53. The molecule has 0 saturated carbocycles. The number of benzene rings is 2. The van der Waals surface area contributed by atoms with Crippen molar-refractivity contribution in [3.05, 3.63) is 41.4 Å². The van der Waals surface area contributed by atoms with Gasteiger partial charge in [0.25, 0.3) is 0 Å². The van der Waals surface area contributed by atoms with Gasteiger partial charge in [-0.05, 0) is 12.1 Å². The molecule has 0 radical (unpaired) electrons. The fourth-order valence-electron chi connectivity index (χ4n) is 1.62. The number of carbonyl (C=O) groups is 1. The lowest BCUT2D eigenvalue weighted by molar-refractivity contribution is -0.118.